The largest absolute Gasteiger partial charge is 0.389 e. The number of nitriles is 1. The zero-order valence-corrected chi connectivity index (χ0v) is 12.2. The van der Waals surface area contributed by atoms with Crippen LogP contribution in [0.4, 0.5) is 5.69 Å². The van der Waals surface area contributed by atoms with Crippen molar-refractivity contribution in [2.75, 3.05) is 24.6 Å². The molecule has 0 radical (unpaired) electrons. The summed E-state index contributed by atoms with van der Waals surface area (Å²) in [6, 6.07) is 7.66. The fourth-order valence-electron chi connectivity index (χ4n) is 2.74. The van der Waals surface area contributed by atoms with Gasteiger partial charge in [0.1, 0.15) is 0 Å². The first kappa shape index (κ1) is 14.8. The molecule has 0 aliphatic carbocycles. The van der Waals surface area contributed by atoms with Crippen LogP contribution in [-0.2, 0) is 4.74 Å². The summed E-state index contributed by atoms with van der Waals surface area (Å²) in [5.74, 6) is 0. The number of ether oxygens (including phenoxy) is 1. The molecule has 1 atom stereocenters. The quantitative estimate of drug-likeness (QED) is 0.917. The molecule has 20 heavy (non-hydrogen) atoms. The van der Waals surface area contributed by atoms with Crippen LogP contribution < -0.4 is 4.90 Å². The molecule has 0 aromatic heterocycles. The highest BCUT2D eigenvalue weighted by Crippen LogP contribution is 2.30. The summed E-state index contributed by atoms with van der Waals surface area (Å²) in [5, 5.41) is 19.0. The first-order valence-electron chi connectivity index (χ1n) is 7.24. The van der Waals surface area contributed by atoms with Crippen molar-refractivity contribution in [1.82, 2.24) is 0 Å². The van der Waals surface area contributed by atoms with Crippen molar-refractivity contribution >= 4 is 5.69 Å². The number of benzene rings is 1. The highest BCUT2D eigenvalue weighted by Gasteiger charge is 2.22. The van der Waals surface area contributed by atoms with Gasteiger partial charge in [0.15, 0.2) is 0 Å². The van der Waals surface area contributed by atoms with E-state index in [9.17, 15) is 5.11 Å². The normalized spacial score (nSPS) is 17.8. The predicted octanol–water partition coefficient (Wildman–Crippen LogP) is 2.62. The zero-order chi connectivity index (χ0) is 14.5. The molecule has 0 unspecified atom stereocenters. The maximum absolute atomic E-state index is 9.90. The summed E-state index contributed by atoms with van der Waals surface area (Å²) >= 11 is 0. The zero-order valence-electron chi connectivity index (χ0n) is 12.2. The van der Waals surface area contributed by atoms with Crippen molar-refractivity contribution in [3.8, 4) is 6.07 Å². The van der Waals surface area contributed by atoms with E-state index in [-0.39, 0.29) is 0 Å². The fourth-order valence-corrected chi connectivity index (χ4v) is 2.74. The molecule has 1 aliphatic rings. The maximum atomic E-state index is 9.90. The number of rotatable bonds is 4. The van der Waals surface area contributed by atoms with E-state index in [1.165, 1.54) is 0 Å². The van der Waals surface area contributed by atoms with Crippen LogP contribution in [0.15, 0.2) is 18.2 Å². The number of hydrogen-bond donors (Lipinski definition) is 1. The van der Waals surface area contributed by atoms with Gasteiger partial charge in [0.05, 0.1) is 23.8 Å². The van der Waals surface area contributed by atoms with Gasteiger partial charge in [0, 0.05) is 30.9 Å². The maximum Gasteiger partial charge on any atom is 0.0992 e. The molecule has 0 amide bonds. The van der Waals surface area contributed by atoms with Gasteiger partial charge < -0.3 is 14.7 Å². The van der Waals surface area contributed by atoms with Crippen LogP contribution in [0.1, 0.15) is 43.9 Å². The SMILES string of the molecule is CCOC1CCN(c2cc(C#N)ccc2[C@@H](C)O)CC1. The summed E-state index contributed by atoms with van der Waals surface area (Å²) in [4.78, 5) is 2.25. The molecule has 2 rings (SSSR count). The minimum atomic E-state index is -0.526. The van der Waals surface area contributed by atoms with Gasteiger partial charge >= 0.3 is 0 Å². The summed E-state index contributed by atoms with van der Waals surface area (Å²) in [7, 11) is 0. The summed E-state index contributed by atoms with van der Waals surface area (Å²) < 4.78 is 5.66. The summed E-state index contributed by atoms with van der Waals surface area (Å²) in [6.45, 7) is 6.35. The van der Waals surface area contributed by atoms with Crippen LogP contribution in [0.25, 0.3) is 0 Å². The minimum absolute atomic E-state index is 0.338. The van der Waals surface area contributed by atoms with Gasteiger partial charge in [-0.15, -0.1) is 0 Å². The lowest BCUT2D eigenvalue weighted by Crippen LogP contribution is -2.37. The van der Waals surface area contributed by atoms with E-state index in [2.05, 4.69) is 11.0 Å². The molecule has 1 saturated heterocycles. The van der Waals surface area contributed by atoms with Crippen LogP contribution in [0.2, 0.25) is 0 Å². The molecule has 1 aromatic rings. The van der Waals surface area contributed by atoms with E-state index in [0.717, 1.165) is 43.8 Å². The molecule has 1 aliphatic heterocycles. The number of anilines is 1. The molecule has 4 nitrogen and oxygen atoms in total. The number of hydrogen-bond acceptors (Lipinski definition) is 4. The van der Waals surface area contributed by atoms with E-state index in [4.69, 9.17) is 10.00 Å². The molecular formula is C16H22N2O2. The Morgan fingerprint density at radius 3 is 2.70 bits per heavy atom. The summed E-state index contributed by atoms with van der Waals surface area (Å²) in [5.41, 5.74) is 2.50. The first-order chi connectivity index (χ1) is 9.65. The molecule has 108 valence electrons. The molecule has 4 heteroatoms. The van der Waals surface area contributed by atoms with E-state index in [1.807, 2.05) is 19.1 Å². The van der Waals surface area contributed by atoms with E-state index in [1.54, 1.807) is 13.0 Å². The minimum Gasteiger partial charge on any atom is -0.389 e. The molecule has 1 N–H and O–H groups in total. The van der Waals surface area contributed by atoms with Gasteiger partial charge in [-0.3, -0.25) is 0 Å². The number of nitrogens with zero attached hydrogens (tertiary/aromatic N) is 2. The Hall–Kier alpha value is -1.57. The highest BCUT2D eigenvalue weighted by atomic mass is 16.5. The Balaban J connectivity index is 2.18. The topological polar surface area (TPSA) is 56.5 Å². The van der Waals surface area contributed by atoms with Gasteiger partial charge in [-0.25, -0.2) is 0 Å². The van der Waals surface area contributed by atoms with Crippen molar-refractivity contribution in [1.29, 1.82) is 5.26 Å². The Labute approximate surface area is 120 Å². The van der Waals surface area contributed by atoms with Crippen molar-refractivity contribution in [2.24, 2.45) is 0 Å². The molecule has 1 aromatic carbocycles. The average molecular weight is 274 g/mol. The Bertz CT molecular complexity index is 486. The second kappa shape index (κ2) is 6.74. The van der Waals surface area contributed by atoms with Crippen LogP contribution in [0.5, 0.6) is 0 Å². The van der Waals surface area contributed by atoms with E-state index < -0.39 is 6.10 Å². The second-order valence-corrected chi connectivity index (χ2v) is 5.20. The Kier molecular flexibility index (Phi) is 4.99. The molecule has 0 saturated carbocycles. The van der Waals surface area contributed by atoms with Gasteiger partial charge in [-0.05, 0) is 38.8 Å². The smallest absolute Gasteiger partial charge is 0.0992 e. The third kappa shape index (κ3) is 3.30. The first-order valence-corrected chi connectivity index (χ1v) is 7.24. The van der Waals surface area contributed by atoms with Crippen molar-refractivity contribution in [3.05, 3.63) is 29.3 Å². The second-order valence-electron chi connectivity index (χ2n) is 5.20. The average Bonchev–Trinajstić information content (AvgIpc) is 2.47. The standard InChI is InChI=1S/C16H22N2O2/c1-3-20-14-6-8-18(9-7-14)16-10-13(11-17)4-5-15(16)12(2)19/h4-5,10,12,14,19H,3,6-9H2,1-2H3/t12-/m1/s1. The lowest BCUT2D eigenvalue weighted by molar-refractivity contribution is 0.0458. The van der Waals surface area contributed by atoms with Crippen molar-refractivity contribution in [2.45, 2.75) is 38.9 Å². The van der Waals surface area contributed by atoms with Crippen LogP contribution in [0, 0.1) is 11.3 Å². The number of aliphatic hydroxyl groups excluding tert-OH is 1. The van der Waals surface area contributed by atoms with Gasteiger partial charge in [0.25, 0.3) is 0 Å². The molecule has 0 bridgehead atoms. The lowest BCUT2D eigenvalue weighted by atomic mass is 10.0. The van der Waals surface area contributed by atoms with Crippen LogP contribution >= 0.6 is 0 Å². The van der Waals surface area contributed by atoms with Gasteiger partial charge in [-0.2, -0.15) is 5.26 Å². The molecular weight excluding hydrogens is 252 g/mol. The highest BCUT2D eigenvalue weighted by molar-refractivity contribution is 5.58. The van der Waals surface area contributed by atoms with Crippen LogP contribution in [0.3, 0.4) is 0 Å². The molecule has 0 spiro atoms. The third-order valence-corrected chi connectivity index (χ3v) is 3.79. The van der Waals surface area contributed by atoms with Crippen molar-refractivity contribution in [3.63, 3.8) is 0 Å². The lowest BCUT2D eigenvalue weighted by Gasteiger charge is -2.35. The van der Waals surface area contributed by atoms with E-state index in [0.29, 0.717) is 11.7 Å². The van der Waals surface area contributed by atoms with E-state index >= 15 is 0 Å². The predicted molar refractivity (Wildman–Crippen MR) is 78.7 cm³/mol. The monoisotopic (exact) mass is 274 g/mol. The van der Waals surface area contributed by atoms with Gasteiger partial charge in [-0.1, -0.05) is 6.07 Å². The number of piperidine rings is 1. The Morgan fingerprint density at radius 2 is 2.15 bits per heavy atom. The molecule has 1 fully saturated rings. The van der Waals surface area contributed by atoms with Crippen LogP contribution in [-0.4, -0.2) is 30.9 Å². The molecule has 1 heterocycles. The fraction of sp³-hybridized carbons (Fsp3) is 0.562. The van der Waals surface area contributed by atoms with Gasteiger partial charge in [0.2, 0.25) is 0 Å². The summed E-state index contributed by atoms with van der Waals surface area (Å²) in [6.07, 6.45) is 1.79. The third-order valence-electron chi connectivity index (χ3n) is 3.79. The Morgan fingerprint density at radius 1 is 1.45 bits per heavy atom. The number of aliphatic hydroxyl groups is 1. The van der Waals surface area contributed by atoms with Crippen molar-refractivity contribution < 1.29 is 9.84 Å².